The van der Waals surface area contributed by atoms with Crippen LogP contribution in [0.3, 0.4) is 0 Å². The number of rotatable bonds is 2. The molecule has 6 heteroatoms. The quantitative estimate of drug-likeness (QED) is 0.818. The Morgan fingerprint density at radius 3 is 2.40 bits per heavy atom. The number of aryl methyl sites for hydroxylation is 1. The van der Waals surface area contributed by atoms with E-state index in [1.807, 2.05) is 43.3 Å². The van der Waals surface area contributed by atoms with Crippen molar-refractivity contribution in [2.45, 2.75) is 19.2 Å². The molecule has 0 aliphatic carbocycles. The van der Waals surface area contributed by atoms with E-state index in [4.69, 9.17) is 4.74 Å². The molecule has 1 unspecified atom stereocenters. The highest BCUT2D eigenvalue weighted by atomic mass is 19.4. The van der Waals surface area contributed by atoms with Gasteiger partial charge in [0.2, 0.25) is 0 Å². The largest absolute Gasteiger partial charge is 0.416 e. The summed E-state index contributed by atoms with van der Waals surface area (Å²) in [5.41, 5.74) is 3.02. The highest BCUT2D eigenvalue weighted by molar-refractivity contribution is 6.01. The summed E-state index contributed by atoms with van der Waals surface area (Å²) in [5, 5.41) is 0. The van der Waals surface area contributed by atoms with Crippen LogP contribution in [-0.4, -0.2) is 42.8 Å². The van der Waals surface area contributed by atoms with Crippen molar-refractivity contribution in [3.8, 4) is 11.1 Å². The van der Waals surface area contributed by atoms with Crippen LogP contribution in [0.1, 0.15) is 15.9 Å². The highest BCUT2D eigenvalue weighted by Crippen LogP contribution is 2.30. The molecule has 0 aromatic heterocycles. The number of morpholine rings is 1. The van der Waals surface area contributed by atoms with Gasteiger partial charge >= 0.3 is 6.18 Å². The Morgan fingerprint density at radius 2 is 1.72 bits per heavy atom. The van der Waals surface area contributed by atoms with Gasteiger partial charge in [0, 0.05) is 12.1 Å². The van der Waals surface area contributed by atoms with E-state index in [-0.39, 0.29) is 13.2 Å². The average molecular weight is 349 g/mol. The monoisotopic (exact) mass is 349 g/mol. The Hall–Kier alpha value is -2.34. The van der Waals surface area contributed by atoms with Gasteiger partial charge in [-0.1, -0.05) is 42.5 Å². The predicted molar refractivity (Wildman–Crippen MR) is 88.3 cm³/mol. The van der Waals surface area contributed by atoms with Gasteiger partial charge in [-0.3, -0.25) is 4.79 Å². The van der Waals surface area contributed by atoms with Crippen LogP contribution in [0.5, 0.6) is 0 Å². The van der Waals surface area contributed by atoms with Crippen LogP contribution < -0.4 is 0 Å². The van der Waals surface area contributed by atoms with E-state index in [1.54, 1.807) is 12.1 Å². The van der Waals surface area contributed by atoms with Gasteiger partial charge in [-0.2, -0.15) is 13.2 Å². The minimum Gasteiger partial charge on any atom is -0.365 e. The Balaban J connectivity index is 1.92. The van der Waals surface area contributed by atoms with E-state index >= 15 is 0 Å². The molecule has 0 saturated carbocycles. The van der Waals surface area contributed by atoms with Crippen LogP contribution in [0, 0.1) is 6.92 Å². The zero-order chi connectivity index (χ0) is 18.0. The summed E-state index contributed by atoms with van der Waals surface area (Å²) in [4.78, 5) is 14.1. The molecule has 1 fully saturated rings. The molecule has 132 valence electrons. The summed E-state index contributed by atoms with van der Waals surface area (Å²) < 4.78 is 43.5. The molecule has 2 aromatic carbocycles. The number of carbonyl (C=O) groups excluding carboxylic acids is 1. The second-order valence-electron chi connectivity index (χ2n) is 6.01. The standard InChI is InChI=1S/C19H18F3NO2/c1-13-6-2-3-7-14(13)15-8-4-5-9-16(15)18(24)23-10-11-25-17(12-23)19(20,21)22/h2-9,17H,10-12H2,1H3. The minimum absolute atomic E-state index is 0.123. The number of nitrogens with zero attached hydrogens (tertiary/aromatic N) is 1. The number of ether oxygens (including phenoxy) is 1. The molecule has 0 spiro atoms. The predicted octanol–water partition coefficient (Wildman–Crippen LogP) is 4.07. The van der Waals surface area contributed by atoms with Crippen molar-refractivity contribution >= 4 is 5.91 Å². The molecule has 1 saturated heterocycles. The van der Waals surface area contributed by atoms with Crippen molar-refractivity contribution in [2.24, 2.45) is 0 Å². The second kappa shape index (κ2) is 6.88. The van der Waals surface area contributed by atoms with Crippen molar-refractivity contribution in [1.29, 1.82) is 0 Å². The topological polar surface area (TPSA) is 29.5 Å². The van der Waals surface area contributed by atoms with Gasteiger partial charge in [0.05, 0.1) is 13.2 Å². The molecule has 0 radical (unpaired) electrons. The maximum Gasteiger partial charge on any atom is 0.416 e. The zero-order valence-corrected chi connectivity index (χ0v) is 13.7. The van der Waals surface area contributed by atoms with Gasteiger partial charge in [-0.15, -0.1) is 0 Å². The minimum atomic E-state index is -4.48. The lowest BCUT2D eigenvalue weighted by Gasteiger charge is -2.34. The maximum atomic E-state index is 12.9. The van der Waals surface area contributed by atoms with Crippen LogP contribution in [-0.2, 0) is 4.74 Å². The van der Waals surface area contributed by atoms with Gasteiger partial charge in [0.15, 0.2) is 6.10 Å². The van der Waals surface area contributed by atoms with Crippen LogP contribution in [0.25, 0.3) is 11.1 Å². The first kappa shape index (κ1) is 17.5. The molecule has 3 nitrogen and oxygen atoms in total. The summed E-state index contributed by atoms with van der Waals surface area (Å²) in [6.45, 7) is 1.48. The van der Waals surface area contributed by atoms with Gasteiger partial charge in [0.1, 0.15) is 0 Å². The molecule has 1 amide bonds. The third-order valence-electron chi connectivity index (χ3n) is 4.31. The number of benzene rings is 2. The smallest absolute Gasteiger partial charge is 0.365 e. The molecule has 2 aromatic rings. The van der Waals surface area contributed by atoms with E-state index in [9.17, 15) is 18.0 Å². The lowest BCUT2D eigenvalue weighted by Crippen LogP contribution is -2.51. The summed E-state index contributed by atoms with van der Waals surface area (Å²) >= 11 is 0. The third-order valence-corrected chi connectivity index (χ3v) is 4.31. The van der Waals surface area contributed by atoms with Gasteiger partial charge in [-0.05, 0) is 29.7 Å². The maximum absolute atomic E-state index is 12.9. The van der Waals surface area contributed by atoms with Gasteiger partial charge < -0.3 is 9.64 Å². The fourth-order valence-electron chi connectivity index (χ4n) is 2.98. The van der Waals surface area contributed by atoms with Crippen LogP contribution in [0.4, 0.5) is 13.2 Å². The van der Waals surface area contributed by atoms with Crippen molar-refractivity contribution in [1.82, 2.24) is 4.90 Å². The van der Waals surface area contributed by atoms with E-state index in [0.29, 0.717) is 5.56 Å². The van der Waals surface area contributed by atoms with E-state index in [0.717, 1.165) is 16.7 Å². The third kappa shape index (κ3) is 3.69. The molecule has 1 aliphatic rings. The van der Waals surface area contributed by atoms with Crippen molar-refractivity contribution in [3.63, 3.8) is 0 Å². The molecule has 1 heterocycles. The van der Waals surface area contributed by atoms with Crippen LogP contribution >= 0.6 is 0 Å². The van der Waals surface area contributed by atoms with Gasteiger partial charge in [0.25, 0.3) is 5.91 Å². The molecule has 1 atom stereocenters. The lowest BCUT2D eigenvalue weighted by atomic mass is 9.95. The number of carbonyl (C=O) groups is 1. The number of alkyl halides is 3. The molecule has 3 rings (SSSR count). The van der Waals surface area contributed by atoms with Crippen molar-refractivity contribution < 1.29 is 22.7 Å². The summed E-state index contributed by atoms with van der Waals surface area (Å²) in [6.07, 6.45) is -6.41. The highest BCUT2D eigenvalue weighted by Gasteiger charge is 2.44. The number of hydrogen-bond donors (Lipinski definition) is 0. The first-order chi connectivity index (χ1) is 11.9. The summed E-state index contributed by atoms with van der Waals surface area (Å²) in [7, 11) is 0. The first-order valence-corrected chi connectivity index (χ1v) is 8.00. The zero-order valence-electron chi connectivity index (χ0n) is 13.7. The SMILES string of the molecule is Cc1ccccc1-c1ccccc1C(=O)N1CCOC(C(F)(F)F)C1. The molecule has 0 N–H and O–H groups in total. The molecule has 0 bridgehead atoms. The second-order valence-corrected chi connectivity index (χ2v) is 6.01. The van der Waals surface area contributed by atoms with Crippen molar-refractivity contribution in [2.75, 3.05) is 19.7 Å². The van der Waals surface area contributed by atoms with Crippen LogP contribution in [0.15, 0.2) is 48.5 Å². The number of halogens is 3. The normalized spacial score (nSPS) is 18.2. The van der Waals surface area contributed by atoms with Gasteiger partial charge in [-0.25, -0.2) is 0 Å². The molecular formula is C19H18F3NO2. The summed E-state index contributed by atoms with van der Waals surface area (Å²) in [6, 6.07) is 14.6. The summed E-state index contributed by atoms with van der Waals surface area (Å²) in [5.74, 6) is -0.406. The Kier molecular flexibility index (Phi) is 4.81. The Morgan fingerprint density at radius 1 is 1.08 bits per heavy atom. The fourth-order valence-corrected chi connectivity index (χ4v) is 2.98. The fraction of sp³-hybridized carbons (Fsp3) is 0.316. The number of hydrogen-bond acceptors (Lipinski definition) is 2. The van der Waals surface area contributed by atoms with Crippen molar-refractivity contribution in [3.05, 3.63) is 59.7 Å². The number of amides is 1. The Labute approximate surface area is 144 Å². The van der Waals surface area contributed by atoms with Crippen LogP contribution in [0.2, 0.25) is 0 Å². The van der Waals surface area contributed by atoms with E-state index in [1.165, 1.54) is 4.90 Å². The lowest BCUT2D eigenvalue weighted by molar-refractivity contribution is -0.233. The first-order valence-electron chi connectivity index (χ1n) is 8.00. The average Bonchev–Trinajstić information content (AvgIpc) is 2.61. The van der Waals surface area contributed by atoms with E-state index < -0.39 is 24.7 Å². The molecule has 25 heavy (non-hydrogen) atoms. The molecule has 1 aliphatic heterocycles. The Bertz CT molecular complexity index is 773. The van der Waals surface area contributed by atoms with E-state index in [2.05, 4.69) is 0 Å². The molecular weight excluding hydrogens is 331 g/mol.